The Balaban J connectivity index is 1.06. The number of furan rings is 2. The van der Waals surface area contributed by atoms with E-state index in [1.807, 2.05) is 50.3 Å². The Bertz CT molecular complexity index is 4660. The van der Waals surface area contributed by atoms with Crippen LogP contribution in [0.1, 0.15) is 47.6 Å². The Kier molecular flexibility index (Phi) is 9.61. The Morgan fingerprint density at radius 1 is 0.458 bits per heavy atom. The van der Waals surface area contributed by atoms with E-state index in [-0.39, 0.29) is 0 Å². The zero-order valence-electron chi connectivity index (χ0n) is 39.5. The van der Waals surface area contributed by atoms with Crippen molar-refractivity contribution in [2.45, 2.75) is 13.8 Å². The summed E-state index contributed by atoms with van der Waals surface area (Å²) in [5.74, 6) is 1.52. The molecule has 9 aromatic carbocycles. The predicted octanol–water partition coefficient (Wildman–Crippen LogP) is 18.1. The van der Waals surface area contributed by atoms with Crippen molar-refractivity contribution in [2.75, 3.05) is 0 Å². The summed E-state index contributed by atoms with van der Waals surface area (Å²) >= 11 is 0. The highest BCUT2D eigenvalue weighted by Crippen LogP contribution is 2.45. The topological polar surface area (TPSA) is 83.7 Å². The van der Waals surface area contributed by atoms with Crippen molar-refractivity contribution in [2.24, 2.45) is 0 Å². The van der Waals surface area contributed by atoms with E-state index in [2.05, 4.69) is 186 Å². The zero-order valence-corrected chi connectivity index (χ0v) is 39.5. The smallest absolute Gasteiger partial charge is 0.136 e. The number of allylic oxidation sites excluding steroid dienone is 2. The summed E-state index contributed by atoms with van der Waals surface area (Å²) in [5.41, 5.74) is 13.2. The molecule has 13 rings (SSSR count). The minimum absolute atomic E-state index is 0.387. The average Bonchev–Trinajstić information content (AvgIpc) is 4.16. The molecule has 0 aliphatic heterocycles. The highest BCUT2D eigenvalue weighted by atomic mass is 16.3. The molecule has 0 unspecified atom stereocenters. The predicted molar refractivity (Wildman–Crippen MR) is 300 cm³/mol. The van der Waals surface area contributed by atoms with Crippen molar-refractivity contribution < 1.29 is 8.83 Å². The fourth-order valence-corrected chi connectivity index (χ4v) is 11.2. The molecule has 0 aliphatic rings. The monoisotopic (exact) mass is 922 g/mol. The SMILES string of the molecule is C=Cc1oc2cc(-c3ccc4c(c3)c3c5ccccc5ccc3n4-c3c(C#N)ccc(-n4c5ccc(-c6ccc7c(C=C)c(/C=C\C)oc7c6)cc5c5c6ccccc6ccc54)c3C#N)ccc2c1/C=C\C. The molecular weight excluding hydrogens is 881 g/mol. The summed E-state index contributed by atoms with van der Waals surface area (Å²) in [6.45, 7) is 12.0. The Hall–Kier alpha value is -9.88. The lowest BCUT2D eigenvalue weighted by Crippen LogP contribution is -2.06. The Labute approximate surface area is 414 Å². The zero-order chi connectivity index (χ0) is 48.8. The minimum Gasteiger partial charge on any atom is -0.456 e. The first-order valence-electron chi connectivity index (χ1n) is 24.0. The van der Waals surface area contributed by atoms with Crippen LogP contribution in [0.15, 0.2) is 192 Å². The lowest BCUT2D eigenvalue weighted by atomic mass is 9.99. The van der Waals surface area contributed by atoms with Gasteiger partial charge in [-0.15, -0.1) is 0 Å². The number of aromatic nitrogens is 2. The highest BCUT2D eigenvalue weighted by Gasteiger charge is 2.26. The number of nitrogens with zero attached hydrogens (tertiary/aromatic N) is 4. The van der Waals surface area contributed by atoms with Gasteiger partial charge in [-0.05, 0) is 143 Å². The van der Waals surface area contributed by atoms with E-state index >= 15 is 0 Å². The molecule has 0 bridgehead atoms. The lowest BCUT2D eigenvalue weighted by Gasteiger charge is -2.17. The molecule has 338 valence electrons. The van der Waals surface area contributed by atoms with Crippen LogP contribution in [0.5, 0.6) is 0 Å². The number of fused-ring (bicyclic) bond motifs is 12. The fourth-order valence-electron chi connectivity index (χ4n) is 11.2. The van der Waals surface area contributed by atoms with Crippen molar-refractivity contribution in [1.82, 2.24) is 9.13 Å². The van der Waals surface area contributed by atoms with Gasteiger partial charge in [0.1, 0.15) is 40.4 Å². The Morgan fingerprint density at radius 2 is 0.986 bits per heavy atom. The molecule has 0 N–H and O–H groups in total. The van der Waals surface area contributed by atoms with E-state index in [0.29, 0.717) is 22.5 Å². The second-order valence-corrected chi connectivity index (χ2v) is 18.2. The minimum atomic E-state index is 0.387. The molecule has 0 atom stereocenters. The first-order valence-corrected chi connectivity index (χ1v) is 24.0. The van der Waals surface area contributed by atoms with Crippen LogP contribution in [0, 0.1) is 22.7 Å². The number of nitriles is 2. The second kappa shape index (κ2) is 16.4. The maximum absolute atomic E-state index is 11.6. The molecule has 72 heavy (non-hydrogen) atoms. The molecule has 4 aromatic heterocycles. The highest BCUT2D eigenvalue weighted by molar-refractivity contribution is 6.23. The summed E-state index contributed by atoms with van der Waals surface area (Å²) in [6, 6.07) is 60.0. The van der Waals surface area contributed by atoms with E-state index in [4.69, 9.17) is 8.83 Å². The summed E-state index contributed by atoms with van der Waals surface area (Å²) in [6.07, 6.45) is 11.6. The van der Waals surface area contributed by atoms with Gasteiger partial charge >= 0.3 is 0 Å². The molecule has 0 saturated heterocycles. The third kappa shape index (κ3) is 6.13. The van der Waals surface area contributed by atoms with Crippen LogP contribution >= 0.6 is 0 Å². The molecular formula is C66H42N4O2. The van der Waals surface area contributed by atoms with Crippen LogP contribution in [0.2, 0.25) is 0 Å². The number of hydrogen-bond donors (Lipinski definition) is 0. The third-order valence-electron chi connectivity index (χ3n) is 14.4. The van der Waals surface area contributed by atoms with Gasteiger partial charge in [0.25, 0.3) is 0 Å². The van der Waals surface area contributed by atoms with Crippen LogP contribution in [-0.4, -0.2) is 9.13 Å². The van der Waals surface area contributed by atoms with Crippen LogP contribution in [0.3, 0.4) is 0 Å². The molecule has 0 fully saturated rings. The van der Waals surface area contributed by atoms with Gasteiger partial charge in [0.15, 0.2) is 0 Å². The van der Waals surface area contributed by atoms with Crippen molar-refractivity contribution >= 4 is 111 Å². The van der Waals surface area contributed by atoms with Crippen LogP contribution < -0.4 is 0 Å². The van der Waals surface area contributed by atoms with Crippen LogP contribution in [0.4, 0.5) is 0 Å². The number of benzene rings is 9. The van der Waals surface area contributed by atoms with Crippen molar-refractivity contribution in [3.8, 4) is 45.8 Å². The maximum Gasteiger partial charge on any atom is 0.136 e. The largest absolute Gasteiger partial charge is 0.456 e. The van der Waals surface area contributed by atoms with Gasteiger partial charge < -0.3 is 18.0 Å². The second-order valence-electron chi connectivity index (χ2n) is 18.2. The van der Waals surface area contributed by atoms with Gasteiger partial charge in [-0.3, -0.25) is 0 Å². The first-order chi connectivity index (χ1) is 35.4. The first kappa shape index (κ1) is 42.2. The fraction of sp³-hybridized carbons (Fsp3) is 0.0303. The molecule has 0 spiro atoms. The molecule has 13 aromatic rings. The quantitative estimate of drug-likeness (QED) is 0.152. The summed E-state index contributed by atoms with van der Waals surface area (Å²) in [4.78, 5) is 0. The summed E-state index contributed by atoms with van der Waals surface area (Å²) < 4.78 is 17.0. The standard InChI is InChI=1S/C66H42N4O2/c1-5-13-49-51-27-20-44(36-63(51)71-60(49)8-4)42-24-29-56-53(34-42)65-48-18-12-10-16-40(48)22-32-59(65)70(56)66-45(37-67)25-30-57(54(66)38-68)69-55-28-23-41(33-52(55)64-47-17-11-9-15-39(47)21-31-58(64)69)43-19-26-50-46(7-3)61(14-6-2)72-62(50)35-43/h5-36H,3-4H2,1-2H3/b13-5-,14-6-. The molecule has 0 radical (unpaired) electrons. The van der Waals surface area contributed by atoms with Gasteiger partial charge in [0, 0.05) is 43.4 Å². The van der Waals surface area contributed by atoms with Gasteiger partial charge in [0.05, 0.1) is 39.0 Å². The molecule has 0 amide bonds. The number of rotatable bonds is 8. The maximum atomic E-state index is 11.6. The van der Waals surface area contributed by atoms with E-state index in [0.717, 1.165) is 132 Å². The molecule has 0 saturated carbocycles. The van der Waals surface area contributed by atoms with Crippen LogP contribution in [0.25, 0.3) is 145 Å². The Morgan fingerprint density at radius 3 is 1.56 bits per heavy atom. The molecule has 0 aliphatic carbocycles. The van der Waals surface area contributed by atoms with E-state index in [1.54, 1.807) is 6.08 Å². The van der Waals surface area contributed by atoms with E-state index < -0.39 is 0 Å². The van der Waals surface area contributed by atoms with Crippen molar-refractivity contribution in [3.05, 3.63) is 217 Å². The summed E-state index contributed by atoms with van der Waals surface area (Å²) in [5, 5.41) is 33.2. The number of hydrogen-bond acceptors (Lipinski definition) is 4. The van der Waals surface area contributed by atoms with Gasteiger partial charge in [-0.1, -0.05) is 122 Å². The van der Waals surface area contributed by atoms with Gasteiger partial charge in [-0.2, -0.15) is 10.5 Å². The van der Waals surface area contributed by atoms with Crippen molar-refractivity contribution in [1.29, 1.82) is 10.5 Å². The normalized spacial score (nSPS) is 12.0. The summed E-state index contributed by atoms with van der Waals surface area (Å²) in [7, 11) is 0. The van der Waals surface area contributed by atoms with Gasteiger partial charge in [0.2, 0.25) is 0 Å². The van der Waals surface area contributed by atoms with E-state index in [1.165, 1.54) is 0 Å². The molecule has 4 heterocycles. The average molecular weight is 923 g/mol. The van der Waals surface area contributed by atoms with E-state index in [9.17, 15) is 10.5 Å². The molecule has 6 heteroatoms. The van der Waals surface area contributed by atoms with Gasteiger partial charge in [-0.25, -0.2) is 0 Å². The third-order valence-corrected chi connectivity index (χ3v) is 14.4. The lowest BCUT2D eigenvalue weighted by molar-refractivity contribution is 0.603. The van der Waals surface area contributed by atoms with Crippen molar-refractivity contribution in [3.63, 3.8) is 0 Å². The van der Waals surface area contributed by atoms with Crippen LogP contribution in [-0.2, 0) is 0 Å². The molecule has 6 nitrogen and oxygen atoms in total.